The van der Waals surface area contributed by atoms with Gasteiger partial charge in [-0.1, -0.05) is 17.7 Å². The van der Waals surface area contributed by atoms with E-state index in [1.165, 1.54) is 10.5 Å². The minimum atomic E-state index is -0.0880. The Balaban J connectivity index is 2.06. The zero-order chi connectivity index (χ0) is 10.0. The fraction of sp³-hybridized carbons (Fsp3) is 0.455. The molecule has 1 aliphatic rings. The molecule has 1 aromatic rings. The monoisotopic (exact) mass is 210 g/mol. The molecule has 0 radical (unpaired) electrons. The van der Waals surface area contributed by atoms with Gasteiger partial charge in [0.25, 0.3) is 0 Å². The van der Waals surface area contributed by atoms with E-state index in [1.54, 1.807) is 11.8 Å². The Morgan fingerprint density at radius 2 is 2.00 bits per heavy atom. The van der Waals surface area contributed by atoms with Crippen LogP contribution in [0.15, 0.2) is 29.2 Å². The molecule has 0 aliphatic carbocycles. The van der Waals surface area contributed by atoms with Crippen LogP contribution < -0.4 is 0 Å². The molecule has 0 atom stereocenters. The van der Waals surface area contributed by atoms with E-state index in [2.05, 4.69) is 31.2 Å². The van der Waals surface area contributed by atoms with E-state index in [4.69, 9.17) is 4.74 Å². The second kappa shape index (κ2) is 3.93. The normalized spacial score (nSPS) is 19.0. The number of aliphatic hydroxyl groups is 1. The van der Waals surface area contributed by atoms with E-state index in [0.717, 1.165) is 0 Å². The molecule has 1 aromatic carbocycles. The summed E-state index contributed by atoms with van der Waals surface area (Å²) in [5, 5.41) is 9.25. The lowest BCUT2D eigenvalue weighted by molar-refractivity contribution is -0.0318. The largest absolute Gasteiger partial charge is 0.395 e. The number of aliphatic hydroxyl groups excluding tert-OH is 1. The van der Waals surface area contributed by atoms with Crippen LogP contribution in [0.25, 0.3) is 0 Å². The summed E-state index contributed by atoms with van der Waals surface area (Å²) in [6, 6.07) is 8.37. The molecule has 0 spiro atoms. The molecule has 14 heavy (non-hydrogen) atoms. The topological polar surface area (TPSA) is 29.5 Å². The third-order valence-electron chi connectivity index (χ3n) is 2.37. The number of thioether (sulfide) groups is 1. The highest BCUT2D eigenvalue weighted by Crippen LogP contribution is 2.38. The van der Waals surface area contributed by atoms with Gasteiger partial charge in [0.05, 0.1) is 24.6 Å². The van der Waals surface area contributed by atoms with Crippen LogP contribution in [0.1, 0.15) is 5.56 Å². The number of hydrogen-bond donors (Lipinski definition) is 1. The molecule has 0 unspecified atom stereocenters. The maximum atomic E-state index is 9.25. The van der Waals surface area contributed by atoms with Crippen LogP contribution in [0.5, 0.6) is 0 Å². The molecular weight excluding hydrogens is 196 g/mol. The van der Waals surface area contributed by atoms with Crippen molar-refractivity contribution in [1.29, 1.82) is 0 Å². The predicted molar refractivity (Wildman–Crippen MR) is 57.7 cm³/mol. The molecule has 2 rings (SSSR count). The SMILES string of the molecule is Cc1ccc(SC2(CO)COC2)cc1. The Morgan fingerprint density at radius 1 is 1.36 bits per heavy atom. The zero-order valence-corrected chi connectivity index (χ0v) is 9.01. The average Bonchev–Trinajstić information content (AvgIpc) is 2.15. The third-order valence-corrected chi connectivity index (χ3v) is 3.68. The third kappa shape index (κ3) is 1.95. The van der Waals surface area contributed by atoms with Gasteiger partial charge in [-0.25, -0.2) is 0 Å². The standard InChI is InChI=1S/C11H14O2S/c1-9-2-4-10(5-3-9)14-11(6-12)7-13-8-11/h2-5,12H,6-8H2,1H3. The van der Waals surface area contributed by atoms with Crippen molar-refractivity contribution in [2.24, 2.45) is 0 Å². The first kappa shape index (κ1) is 10.0. The Bertz CT molecular complexity index is 298. The number of hydrogen-bond acceptors (Lipinski definition) is 3. The summed E-state index contributed by atoms with van der Waals surface area (Å²) in [5.74, 6) is 0. The number of aryl methyl sites for hydroxylation is 1. The maximum absolute atomic E-state index is 9.25. The fourth-order valence-corrected chi connectivity index (χ4v) is 2.49. The molecule has 0 amide bonds. The van der Waals surface area contributed by atoms with Crippen molar-refractivity contribution in [3.8, 4) is 0 Å². The molecule has 1 aliphatic heterocycles. The van der Waals surface area contributed by atoms with Gasteiger partial charge in [-0.05, 0) is 19.1 Å². The lowest BCUT2D eigenvalue weighted by Crippen LogP contribution is -2.49. The summed E-state index contributed by atoms with van der Waals surface area (Å²) in [4.78, 5) is 1.20. The van der Waals surface area contributed by atoms with Crippen molar-refractivity contribution in [3.05, 3.63) is 29.8 Å². The van der Waals surface area contributed by atoms with E-state index in [0.29, 0.717) is 13.2 Å². The highest BCUT2D eigenvalue weighted by Gasteiger charge is 2.39. The Morgan fingerprint density at radius 3 is 2.43 bits per heavy atom. The first-order valence-corrected chi connectivity index (χ1v) is 5.50. The van der Waals surface area contributed by atoms with Crippen LogP contribution >= 0.6 is 11.8 Å². The van der Waals surface area contributed by atoms with E-state index in [1.807, 2.05) is 0 Å². The van der Waals surface area contributed by atoms with E-state index in [9.17, 15) is 5.11 Å². The minimum absolute atomic E-state index is 0.0880. The second-order valence-corrected chi connectivity index (χ2v) is 5.29. The lowest BCUT2D eigenvalue weighted by atomic mass is 10.1. The smallest absolute Gasteiger partial charge is 0.0902 e. The van der Waals surface area contributed by atoms with Crippen molar-refractivity contribution in [1.82, 2.24) is 0 Å². The minimum Gasteiger partial charge on any atom is -0.395 e. The van der Waals surface area contributed by atoms with Crippen molar-refractivity contribution in [2.45, 2.75) is 16.6 Å². The Hall–Kier alpha value is -0.510. The van der Waals surface area contributed by atoms with Crippen LogP contribution in [0, 0.1) is 6.92 Å². The van der Waals surface area contributed by atoms with Crippen molar-refractivity contribution in [3.63, 3.8) is 0 Å². The molecule has 3 heteroatoms. The molecule has 1 saturated heterocycles. The first-order chi connectivity index (χ1) is 6.74. The van der Waals surface area contributed by atoms with Gasteiger partial charge in [-0.15, -0.1) is 11.8 Å². The molecule has 2 nitrogen and oxygen atoms in total. The predicted octanol–water partition coefficient (Wildman–Crippen LogP) is 1.85. The quantitative estimate of drug-likeness (QED) is 0.825. The van der Waals surface area contributed by atoms with Gasteiger partial charge in [0.1, 0.15) is 0 Å². The van der Waals surface area contributed by atoms with Crippen LogP contribution in [0.4, 0.5) is 0 Å². The first-order valence-electron chi connectivity index (χ1n) is 4.68. The molecule has 76 valence electrons. The summed E-state index contributed by atoms with van der Waals surface area (Å²) in [6.45, 7) is 3.57. The average molecular weight is 210 g/mol. The van der Waals surface area contributed by atoms with Crippen LogP contribution in [-0.4, -0.2) is 29.7 Å². The molecule has 0 saturated carbocycles. The van der Waals surface area contributed by atoms with Crippen LogP contribution in [-0.2, 0) is 4.74 Å². The highest BCUT2D eigenvalue weighted by molar-refractivity contribution is 8.00. The number of benzene rings is 1. The van der Waals surface area contributed by atoms with Gasteiger partial charge in [-0.2, -0.15) is 0 Å². The zero-order valence-electron chi connectivity index (χ0n) is 8.19. The van der Waals surface area contributed by atoms with Gasteiger partial charge in [0.15, 0.2) is 0 Å². The van der Waals surface area contributed by atoms with Crippen LogP contribution in [0.2, 0.25) is 0 Å². The van der Waals surface area contributed by atoms with Gasteiger partial charge in [0, 0.05) is 4.90 Å². The fourth-order valence-electron chi connectivity index (χ4n) is 1.37. The van der Waals surface area contributed by atoms with Crippen molar-refractivity contribution in [2.75, 3.05) is 19.8 Å². The maximum Gasteiger partial charge on any atom is 0.0902 e. The summed E-state index contributed by atoms with van der Waals surface area (Å²) in [7, 11) is 0. The molecule has 0 bridgehead atoms. The highest BCUT2D eigenvalue weighted by atomic mass is 32.2. The summed E-state index contributed by atoms with van der Waals surface area (Å²) >= 11 is 1.71. The molecule has 0 aromatic heterocycles. The van der Waals surface area contributed by atoms with Gasteiger partial charge in [0.2, 0.25) is 0 Å². The number of rotatable bonds is 3. The summed E-state index contributed by atoms with van der Waals surface area (Å²) in [5.41, 5.74) is 1.26. The van der Waals surface area contributed by atoms with E-state index >= 15 is 0 Å². The van der Waals surface area contributed by atoms with Gasteiger partial charge in [-0.3, -0.25) is 0 Å². The lowest BCUT2D eigenvalue weighted by Gasteiger charge is -2.39. The second-order valence-electron chi connectivity index (χ2n) is 3.75. The van der Waals surface area contributed by atoms with Gasteiger partial charge >= 0.3 is 0 Å². The van der Waals surface area contributed by atoms with Crippen molar-refractivity contribution < 1.29 is 9.84 Å². The molecule has 1 heterocycles. The van der Waals surface area contributed by atoms with E-state index < -0.39 is 0 Å². The van der Waals surface area contributed by atoms with Gasteiger partial charge < -0.3 is 9.84 Å². The Kier molecular flexibility index (Phi) is 2.81. The number of ether oxygens (including phenoxy) is 1. The molecule has 1 fully saturated rings. The molecule has 1 N–H and O–H groups in total. The summed E-state index contributed by atoms with van der Waals surface area (Å²) in [6.07, 6.45) is 0. The Labute approximate surface area is 88.3 Å². The van der Waals surface area contributed by atoms with Crippen molar-refractivity contribution >= 4 is 11.8 Å². The molecular formula is C11H14O2S. The summed E-state index contributed by atoms with van der Waals surface area (Å²) < 4.78 is 5.06. The van der Waals surface area contributed by atoms with E-state index in [-0.39, 0.29) is 11.4 Å². The van der Waals surface area contributed by atoms with Crippen LogP contribution in [0.3, 0.4) is 0 Å².